The predicted molar refractivity (Wildman–Crippen MR) is 84.5 cm³/mol. The molecule has 0 spiro atoms. The SMILES string of the molecule is CCNCc1ccc(Oc2cccc(C)c2C)cc1C. The fourth-order valence-electron chi connectivity index (χ4n) is 2.15. The molecule has 0 aliphatic heterocycles. The maximum atomic E-state index is 6.01. The minimum atomic E-state index is 0.899. The van der Waals surface area contributed by atoms with Crippen molar-refractivity contribution in [2.45, 2.75) is 34.2 Å². The molecule has 0 fully saturated rings. The van der Waals surface area contributed by atoms with E-state index in [4.69, 9.17) is 4.74 Å². The van der Waals surface area contributed by atoms with Crippen molar-refractivity contribution in [1.29, 1.82) is 0 Å². The van der Waals surface area contributed by atoms with Gasteiger partial charge in [0, 0.05) is 6.54 Å². The third kappa shape index (κ3) is 3.40. The molecule has 0 amide bonds. The van der Waals surface area contributed by atoms with Crippen molar-refractivity contribution in [3.05, 3.63) is 58.7 Å². The second kappa shape index (κ2) is 6.58. The van der Waals surface area contributed by atoms with E-state index < -0.39 is 0 Å². The summed E-state index contributed by atoms with van der Waals surface area (Å²) in [6, 6.07) is 12.4. The van der Waals surface area contributed by atoms with Crippen LogP contribution in [0, 0.1) is 20.8 Å². The van der Waals surface area contributed by atoms with Gasteiger partial charge in [0.2, 0.25) is 0 Å². The van der Waals surface area contributed by atoms with Crippen LogP contribution in [-0.2, 0) is 6.54 Å². The van der Waals surface area contributed by atoms with Gasteiger partial charge in [-0.05, 0) is 67.8 Å². The van der Waals surface area contributed by atoms with Gasteiger partial charge in [-0.1, -0.05) is 25.1 Å². The topological polar surface area (TPSA) is 21.3 Å². The van der Waals surface area contributed by atoms with Gasteiger partial charge in [0.25, 0.3) is 0 Å². The van der Waals surface area contributed by atoms with Gasteiger partial charge >= 0.3 is 0 Å². The number of nitrogens with one attached hydrogen (secondary N) is 1. The van der Waals surface area contributed by atoms with E-state index in [9.17, 15) is 0 Å². The Balaban J connectivity index is 2.18. The number of benzene rings is 2. The van der Waals surface area contributed by atoms with Crippen LogP contribution in [-0.4, -0.2) is 6.54 Å². The molecule has 0 aliphatic carbocycles. The van der Waals surface area contributed by atoms with E-state index in [0.29, 0.717) is 0 Å². The summed E-state index contributed by atoms with van der Waals surface area (Å²) in [7, 11) is 0. The van der Waals surface area contributed by atoms with E-state index in [-0.39, 0.29) is 0 Å². The molecule has 0 unspecified atom stereocenters. The van der Waals surface area contributed by atoms with Crippen LogP contribution in [0.25, 0.3) is 0 Å². The number of hydrogen-bond donors (Lipinski definition) is 1. The van der Waals surface area contributed by atoms with E-state index in [1.165, 1.54) is 22.3 Å². The van der Waals surface area contributed by atoms with E-state index >= 15 is 0 Å². The van der Waals surface area contributed by atoms with Gasteiger partial charge in [-0.15, -0.1) is 0 Å². The molecule has 106 valence electrons. The Morgan fingerprint density at radius 2 is 1.80 bits per heavy atom. The summed E-state index contributed by atoms with van der Waals surface area (Å²) in [5.74, 6) is 1.83. The molecule has 0 saturated carbocycles. The van der Waals surface area contributed by atoms with Gasteiger partial charge in [0.15, 0.2) is 0 Å². The predicted octanol–water partition coefficient (Wildman–Crippen LogP) is 4.51. The van der Waals surface area contributed by atoms with Crippen LogP contribution in [0.3, 0.4) is 0 Å². The summed E-state index contributed by atoms with van der Waals surface area (Å²) in [5.41, 5.74) is 5.03. The lowest BCUT2D eigenvalue weighted by Crippen LogP contribution is -2.12. The smallest absolute Gasteiger partial charge is 0.130 e. The molecule has 2 aromatic carbocycles. The van der Waals surface area contributed by atoms with Crippen LogP contribution in [0.5, 0.6) is 11.5 Å². The molecular formula is C18H23NO. The fraction of sp³-hybridized carbons (Fsp3) is 0.333. The highest BCUT2D eigenvalue weighted by Crippen LogP contribution is 2.28. The maximum Gasteiger partial charge on any atom is 0.130 e. The molecule has 2 nitrogen and oxygen atoms in total. The molecule has 2 rings (SSSR count). The maximum absolute atomic E-state index is 6.01. The average molecular weight is 269 g/mol. The lowest BCUT2D eigenvalue weighted by molar-refractivity contribution is 0.477. The van der Waals surface area contributed by atoms with E-state index in [1.54, 1.807) is 0 Å². The average Bonchev–Trinajstić information content (AvgIpc) is 2.43. The Morgan fingerprint density at radius 3 is 2.50 bits per heavy atom. The molecule has 1 N–H and O–H groups in total. The number of hydrogen-bond acceptors (Lipinski definition) is 2. The van der Waals surface area contributed by atoms with Crippen LogP contribution in [0.1, 0.15) is 29.2 Å². The molecular weight excluding hydrogens is 246 g/mol. The molecule has 0 aliphatic rings. The Labute approximate surface area is 121 Å². The Hall–Kier alpha value is -1.80. The van der Waals surface area contributed by atoms with Crippen LogP contribution in [0.4, 0.5) is 0 Å². The lowest BCUT2D eigenvalue weighted by Gasteiger charge is -2.13. The first-order chi connectivity index (χ1) is 9.61. The third-order valence-corrected chi connectivity index (χ3v) is 3.66. The largest absolute Gasteiger partial charge is 0.457 e. The molecule has 0 radical (unpaired) electrons. The molecule has 20 heavy (non-hydrogen) atoms. The molecule has 0 aromatic heterocycles. The third-order valence-electron chi connectivity index (χ3n) is 3.66. The molecule has 2 heteroatoms. The zero-order valence-corrected chi connectivity index (χ0v) is 12.8. The van der Waals surface area contributed by atoms with Crippen LogP contribution in [0.15, 0.2) is 36.4 Å². The first-order valence-corrected chi connectivity index (χ1v) is 7.16. The van der Waals surface area contributed by atoms with Crippen molar-refractivity contribution < 1.29 is 4.74 Å². The molecule has 0 atom stereocenters. The van der Waals surface area contributed by atoms with Crippen LogP contribution in [0.2, 0.25) is 0 Å². The zero-order valence-electron chi connectivity index (χ0n) is 12.8. The zero-order chi connectivity index (χ0) is 14.5. The first-order valence-electron chi connectivity index (χ1n) is 7.16. The van der Waals surface area contributed by atoms with E-state index in [0.717, 1.165) is 24.6 Å². The second-order valence-electron chi connectivity index (χ2n) is 5.17. The monoisotopic (exact) mass is 269 g/mol. The summed E-state index contributed by atoms with van der Waals surface area (Å²) < 4.78 is 6.01. The second-order valence-corrected chi connectivity index (χ2v) is 5.17. The molecule has 0 heterocycles. The standard InChI is InChI=1S/C18H23NO/c1-5-19-12-16-9-10-17(11-14(16)3)20-18-8-6-7-13(2)15(18)4/h6-11,19H,5,12H2,1-4H3. The molecule has 2 aromatic rings. The Bertz CT molecular complexity index is 590. The van der Waals surface area contributed by atoms with E-state index in [2.05, 4.69) is 51.2 Å². The van der Waals surface area contributed by atoms with Crippen molar-refractivity contribution in [3.8, 4) is 11.5 Å². The number of ether oxygens (including phenoxy) is 1. The van der Waals surface area contributed by atoms with Crippen molar-refractivity contribution >= 4 is 0 Å². The van der Waals surface area contributed by atoms with Gasteiger partial charge < -0.3 is 10.1 Å². The normalized spacial score (nSPS) is 10.6. The highest BCUT2D eigenvalue weighted by Gasteiger charge is 2.05. The molecule has 0 saturated heterocycles. The fourth-order valence-corrected chi connectivity index (χ4v) is 2.15. The summed E-state index contributed by atoms with van der Waals surface area (Å²) >= 11 is 0. The minimum absolute atomic E-state index is 0.899. The van der Waals surface area contributed by atoms with Gasteiger partial charge in [-0.3, -0.25) is 0 Å². The van der Waals surface area contributed by atoms with Crippen molar-refractivity contribution in [1.82, 2.24) is 5.32 Å². The van der Waals surface area contributed by atoms with Crippen LogP contribution < -0.4 is 10.1 Å². The highest BCUT2D eigenvalue weighted by atomic mass is 16.5. The summed E-state index contributed by atoms with van der Waals surface area (Å²) in [6.45, 7) is 10.3. The van der Waals surface area contributed by atoms with Crippen molar-refractivity contribution in [2.24, 2.45) is 0 Å². The number of aryl methyl sites for hydroxylation is 2. The van der Waals surface area contributed by atoms with Crippen molar-refractivity contribution in [2.75, 3.05) is 6.54 Å². The highest BCUT2D eigenvalue weighted by molar-refractivity contribution is 5.43. The van der Waals surface area contributed by atoms with Gasteiger partial charge in [-0.2, -0.15) is 0 Å². The Morgan fingerprint density at radius 1 is 1.00 bits per heavy atom. The minimum Gasteiger partial charge on any atom is -0.457 e. The van der Waals surface area contributed by atoms with Gasteiger partial charge in [-0.25, -0.2) is 0 Å². The lowest BCUT2D eigenvalue weighted by atomic mass is 10.1. The van der Waals surface area contributed by atoms with Crippen LogP contribution >= 0.6 is 0 Å². The van der Waals surface area contributed by atoms with Crippen molar-refractivity contribution in [3.63, 3.8) is 0 Å². The summed E-state index contributed by atoms with van der Waals surface area (Å²) in [4.78, 5) is 0. The van der Waals surface area contributed by atoms with Gasteiger partial charge in [0.1, 0.15) is 11.5 Å². The summed E-state index contributed by atoms with van der Waals surface area (Å²) in [6.07, 6.45) is 0. The molecule has 0 bridgehead atoms. The summed E-state index contributed by atoms with van der Waals surface area (Å²) in [5, 5.41) is 3.35. The van der Waals surface area contributed by atoms with Gasteiger partial charge in [0.05, 0.1) is 0 Å². The first kappa shape index (κ1) is 14.6. The number of rotatable bonds is 5. The quantitative estimate of drug-likeness (QED) is 0.862. The Kier molecular flexibility index (Phi) is 4.80. The van der Waals surface area contributed by atoms with E-state index in [1.807, 2.05) is 18.2 Å².